The van der Waals surface area contributed by atoms with Crippen LogP contribution in [-0.2, 0) is 0 Å². The van der Waals surface area contributed by atoms with E-state index in [-0.39, 0.29) is 5.82 Å². The lowest BCUT2D eigenvalue weighted by atomic mass is 10.2. The monoisotopic (exact) mass is 284 g/mol. The average Bonchev–Trinajstić information content (AvgIpc) is 2.90. The van der Waals surface area contributed by atoms with Gasteiger partial charge in [0.25, 0.3) is 0 Å². The first kappa shape index (κ1) is 12.7. The summed E-state index contributed by atoms with van der Waals surface area (Å²) in [5.41, 5.74) is -0.248. The number of benzene rings is 1. The summed E-state index contributed by atoms with van der Waals surface area (Å²) < 4.78 is 1.44. The van der Waals surface area contributed by atoms with Crippen molar-refractivity contribution in [2.75, 3.05) is 0 Å². The number of aromatic nitrogens is 3. The summed E-state index contributed by atoms with van der Waals surface area (Å²) in [5, 5.41) is 24.9. The second-order valence-electron chi connectivity index (χ2n) is 4.24. The fourth-order valence-corrected chi connectivity index (χ4v) is 2.02. The molecule has 0 aliphatic carbocycles. The van der Waals surface area contributed by atoms with Gasteiger partial charge in [0.1, 0.15) is 11.8 Å². The van der Waals surface area contributed by atoms with E-state index in [1.54, 1.807) is 12.3 Å². The molecule has 0 radical (unpaired) electrons. The molecule has 0 aliphatic rings. The molecule has 0 unspecified atom stereocenters. The number of fused-ring (bicyclic) bond motifs is 1. The van der Waals surface area contributed by atoms with Gasteiger partial charge in [0.15, 0.2) is 5.82 Å². The Balaban J connectivity index is 2.22. The quantitative estimate of drug-likeness (QED) is 0.581. The van der Waals surface area contributed by atoms with Crippen LogP contribution in [0.25, 0.3) is 16.7 Å². The molecule has 0 atom stereocenters. The fraction of sp³-hybridized carbons (Fsp3) is 0. The van der Waals surface area contributed by atoms with Gasteiger partial charge in [0.2, 0.25) is 0 Å². The van der Waals surface area contributed by atoms with Gasteiger partial charge in [0, 0.05) is 11.5 Å². The van der Waals surface area contributed by atoms with Gasteiger partial charge in [0.05, 0.1) is 16.6 Å². The van der Waals surface area contributed by atoms with E-state index in [2.05, 4.69) is 10.1 Å². The number of nitrogens with zero attached hydrogens (tertiary/aromatic N) is 4. The molecule has 0 amide bonds. The molecule has 1 aromatic carbocycles. The second-order valence-corrected chi connectivity index (χ2v) is 4.24. The highest BCUT2D eigenvalue weighted by Crippen LogP contribution is 2.22. The van der Waals surface area contributed by atoms with Gasteiger partial charge < -0.3 is 5.11 Å². The number of carbonyl (C=O) groups is 1. The molecule has 0 fully saturated rings. The van der Waals surface area contributed by atoms with Crippen molar-refractivity contribution in [3.8, 4) is 5.82 Å². The van der Waals surface area contributed by atoms with Gasteiger partial charge in [-0.2, -0.15) is 5.10 Å². The number of pyridine rings is 1. The molecule has 1 N–H and O–H groups in total. The molecular formula is C13H8N4O4. The van der Waals surface area contributed by atoms with Crippen LogP contribution in [0.15, 0.2) is 42.7 Å². The van der Waals surface area contributed by atoms with Crippen molar-refractivity contribution in [2.24, 2.45) is 0 Å². The van der Waals surface area contributed by atoms with Gasteiger partial charge in [-0.05, 0) is 6.07 Å². The van der Waals surface area contributed by atoms with E-state index in [1.807, 2.05) is 18.2 Å². The molecular weight excluding hydrogens is 276 g/mol. The first-order chi connectivity index (χ1) is 10.1. The van der Waals surface area contributed by atoms with Gasteiger partial charge in [-0.15, -0.1) is 0 Å². The van der Waals surface area contributed by atoms with Crippen LogP contribution in [0, 0.1) is 10.1 Å². The number of hydrogen-bond acceptors (Lipinski definition) is 5. The van der Waals surface area contributed by atoms with E-state index in [0.717, 1.165) is 23.2 Å². The minimum atomic E-state index is -1.39. The SMILES string of the molecule is O=C(O)c1cc(-n2ncc3ccccc32)ncc1[N+](=O)[O-]. The topological polar surface area (TPSA) is 111 Å². The molecule has 2 aromatic heterocycles. The van der Waals surface area contributed by atoms with Gasteiger partial charge >= 0.3 is 11.7 Å². The summed E-state index contributed by atoms with van der Waals surface area (Å²) >= 11 is 0. The maximum absolute atomic E-state index is 11.1. The summed E-state index contributed by atoms with van der Waals surface area (Å²) in [5.74, 6) is -1.18. The number of hydrogen-bond donors (Lipinski definition) is 1. The van der Waals surface area contributed by atoms with Crippen molar-refractivity contribution in [3.63, 3.8) is 0 Å². The van der Waals surface area contributed by atoms with Crippen LogP contribution >= 0.6 is 0 Å². The summed E-state index contributed by atoms with van der Waals surface area (Å²) in [6, 6.07) is 8.44. The zero-order valence-corrected chi connectivity index (χ0v) is 10.5. The van der Waals surface area contributed by atoms with Crippen LogP contribution in [0.3, 0.4) is 0 Å². The predicted molar refractivity (Wildman–Crippen MR) is 72.5 cm³/mol. The van der Waals surface area contributed by atoms with Crippen LogP contribution in [0.4, 0.5) is 5.69 Å². The lowest BCUT2D eigenvalue weighted by Crippen LogP contribution is -2.07. The summed E-state index contributed by atoms with van der Waals surface area (Å²) in [4.78, 5) is 25.1. The summed E-state index contributed by atoms with van der Waals surface area (Å²) in [6.07, 6.45) is 2.54. The molecule has 8 heteroatoms. The maximum atomic E-state index is 11.1. The fourth-order valence-electron chi connectivity index (χ4n) is 2.02. The third-order valence-electron chi connectivity index (χ3n) is 2.99. The normalized spacial score (nSPS) is 10.7. The zero-order valence-electron chi connectivity index (χ0n) is 10.5. The van der Waals surface area contributed by atoms with Crippen molar-refractivity contribution >= 4 is 22.6 Å². The van der Waals surface area contributed by atoms with Gasteiger partial charge in [-0.3, -0.25) is 10.1 Å². The Morgan fingerprint density at radius 2 is 2.05 bits per heavy atom. The maximum Gasteiger partial charge on any atom is 0.342 e. The highest BCUT2D eigenvalue weighted by atomic mass is 16.6. The van der Waals surface area contributed by atoms with E-state index >= 15 is 0 Å². The molecule has 8 nitrogen and oxygen atoms in total. The molecule has 3 rings (SSSR count). The molecule has 0 saturated heterocycles. The van der Waals surface area contributed by atoms with Crippen molar-refractivity contribution < 1.29 is 14.8 Å². The van der Waals surface area contributed by atoms with E-state index in [1.165, 1.54) is 4.68 Å². The highest BCUT2D eigenvalue weighted by molar-refractivity contribution is 5.92. The van der Waals surface area contributed by atoms with Crippen LogP contribution in [-0.4, -0.2) is 30.8 Å². The molecule has 0 saturated carbocycles. The van der Waals surface area contributed by atoms with Gasteiger partial charge in [-0.1, -0.05) is 18.2 Å². The number of rotatable bonds is 3. The van der Waals surface area contributed by atoms with E-state index in [0.29, 0.717) is 0 Å². The first-order valence-corrected chi connectivity index (χ1v) is 5.89. The minimum Gasteiger partial charge on any atom is -0.477 e. The Labute approximate surface area is 117 Å². The van der Waals surface area contributed by atoms with E-state index in [9.17, 15) is 14.9 Å². The molecule has 2 heterocycles. The van der Waals surface area contributed by atoms with Crippen molar-refractivity contribution in [3.05, 3.63) is 58.4 Å². The van der Waals surface area contributed by atoms with E-state index in [4.69, 9.17) is 5.11 Å². The van der Waals surface area contributed by atoms with Gasteiger partial charge in [-0.25, -0.2) is 14.5 Å². The first-order valence-electron chi connectivity index (χ1n) is 5.89. The van der Waals surface area contributed by atoms with Crippen LogP contribution in [0.5, 0.6) is 0 Å². The lowest BCUT2D eigenvalue weighted by Gasteiger charge is -2.04. The largest absolute Gasteiger partial charge is 0.477 e. The molecule has 0 aliphatic heterocycles. The van der Waals surface area contributed by atoms with Crippen molar-refractivity contribution in [2.45, 2.75) is 0 Å². The Morgan fingerprint density at radius 3 is 2.76 bits per heavy atom. The highest BCUT2D eigenvalue weighted by Gasteiger charge is 2.22. The van der Waals surface area contributed by atoms with E-state index < -0.39 is 22.1 Å². The van der Waals surface area contributed by atoms with Crippen molar-refractivity contribution in [1.29, 1.82) is 0 Å². The number of carboxylic acid groups (broad SMARTS) is 1. The molecule has 0 spiro atoms. The lowest BCUT2D eigenvalue weighted by molar-refractivity contribution is -0.385. The summed E-state index contributed by atoms with van der Waals surface area (Å²) in [6.45, 7) is 0. The average molecular weight is 284 g/mol. The standard InChI is InChI=1S/C13H8N4O4/c18-13(19)9-5-12(14-7-11(9)17(20)21)16-10-4-2-1-3-8(10)6-15-16/h1-7H,(H,18,19). The molecule has 104 valence electrons. The molecule has 21 heavy (non-hydrogen) atoms. The van der Waals surface area contributed by atoms with Crippen molar-refractivity contribution in [1.82, 2.24) is 14.8 Å². The number of carboxylic acids is 1. The number of nitro groups is 1. The Kier molecular flexibility index (Phi) is 2.83. The Hall–Kier alpha value is -3.29. The zero-order chi connectivity index (χ0) is 15.0. The number of para-hydroxylation sites is 1. The van der Waals surface area contributed by atoms with Crippen LogP contribution in [0.1, 0.15) is 10.4 Å². The summed E-state index contributed by atoms with van der Waals surface area (Å²) in [7, 11) is 0. The van der Waals surface area contributed by atoms with Crippen LogP contribution < -0.4 is 0 Å². The Bertz CT molecular complexity index is 871. The Morgan fingerprint density at radius 1 is 1.29 bits per heavy atom. The minimum absolute atomic E-state index is 0.208. The van der Waals surface area contributed by atoms with Crippen LogP contribution in [0.2, 0.25) is 0 Å². The second kappa shape index (κ2) is 4.67. The smallest absolute Gasteiger partial charge is 0.342 e. The predicted octanol–water partition coefficient (Wildman–Crippen LogP) is 2.03. The third kappa shape index (κ3) is 2.08. The third-order valence-corrected chi connectivity index (χ3v) is 2.99. The molecule has 0 bridgehead atoms. The number of aromatic carboxylic acids is 1. The molecule has 3 aromatic rings.